The monoisotopic (exact) mass is 352 g/mol. The van der Waals surface area contributed by atoms with Crippen molar-refractivity contribution in [1.82, 2.24) is 9.80 Å². The van der Waals surface area contributed by atoms with E-state index in [2.05, 4.69) is 22.4 Å². The lowest BCUT2D eigenvalue weighted by Crippen LogP contribution is -2.54. The third-order valence-corrected chi connectivity index (χ3v) is 6.05. The van der Waals surface area contributed by atoms with E-state index in [1.807, 2.05) is 11.3 Å². The lowest BCUT2D eigenvalue weighted by molar-refractivity contribution is -0.149. The Morgan fingerprint density at radius 3 is 3.17 bits per heavy atom. The molecule has 1 amide bonds. The highest BCUT2D eigenvalue weighted by Crippen LogP contribution is 2.41. The first-order valence-corrected chi connectivity index (χ1v) is 9.64. The molecule has 2 aliphatic rings. The Labute approximate surface area is 148 Å². The number of thiophene rings is 1. The molecule has 0 bridgehead atoms. The van der Waals surface area contributed by atoms with Crippen LogP contribution in [-0.4, -0.2) is 68.3 Å². The molecule has 3 rings (SSSR count). The standard InChI is InChI=1S/C18H28N2O3S/c1-19(2)17(21)13-22-12-15-5-3-7-18(15)14-20(8-9-23-18)11-16-6-4-10-24-16/h4,6,10,15H,3,5,7-9,11-14H2,1-2H3/t15-,18+/m0/s1. The predicted octanol–water partition coefficient (Wildman–Crippen LogP) is 2.22. The largest absolute Gasteiger partial charge is 0.372 e. The fourth-order valence-electron chi connectivity index (χ4n) is 3.80. The first-order chi connectivity index (χ1) is 11.6. The molecule has 24 heavy (non-hydrogen) atoms. The van der Waals surface area contributed by atoms with Gasteiger partial charge in [0, 0.05) is 44.5 Å². The Bertz CT molecular complexity index is 534. The van der Waals surface area contributed by atoms with Crippen LogP contribution in [0.1, 0.15) is 24.1 Å². The van der Waals surface area contributed by atoms with Gasteiger partial charge in [-0.3, -0.25) is 9.69 Å². The summed E-state index contributed by atoms with van der Waals surface area (Å²) in [5.74, 6) is 0.407. The van der Waals surface area contributed by atoms with Gasteiger partial charge in [0.25, 0.3) is 0 Å². The molecule has 0 radical (unpaired) electrons. The minimum Gasteiger partial charge on any atom is -0.372 e. The van der Waals surface area contributed by atoms with Crippen LogP contribution in [0.2, 0.25) is 0 Å². The van der Waals surface area contributed by atoms with Crippen molar-refractivity contribution in [2.24, 2.45) is 5.92 Å². The molecule has 1 aliphatic carbocycles. The van der Waals surface area contributed by atoms with E-state index < -0.39 is 0 Å². The summed E-state index contributed by atoms with van der Waals surface area (Å²) in [4.78, 5) is 17.2. The summed E-state index contributed by atoms with van der Waals surface area (Å²) in [6.45, 7) is 4.55. The number of carbonyl (C=O) groups excluding carboxylic acids is 1. The number of nitrogens with zero attached hydrogens (tertiary/aromatic N) is 2. The Kier molecular flexibility index (Phi) is 5.92. The zero-order valence-electron chi connectivity index (χ0n) is 14.7. The number of hydrogen-bond donors (Lipinski definition) is 0. The maximum Gasteiger partial charge on any atom is 0.248 e. The highest BCUT2D eigenvalue weighted by Gasteiger charge is 2.46. The number of likely N-dealkylation sites (N-methyl/N-ethyl adjacent to an activating group) is 1. The third-order valence-electron chi connectivity index (χ3n) is 5.19. The van der Waals surface area contributed by atoms with Crippen molar-refractivity contribution in [3.8, 4) is 0 Å². The highest BCUT2D eigenvalue weighted by molar-refractivity contribution is 7.09. The second kappa shape index (κ2) is 7.95. The van der Waals surface area contributed by atoms with Gasteiger partial charge in [0.05, 0.1) is 18.8 Å². The van der Waals surface area contributed by atoms with Gasteiger partial charge in [-0.15, -0.1) is 11.3 Å². The molecule has 0 unspecified atom stereocenters. The van der Waals surface area contributed by atoms with Crippen LogP contribution >= 0.6 is 11.3 Å². The molecule has 6 heteroatoms. The smallest absolute Gasteiger partial charge is 0.248 e. The Hall–Kier alpha value is -0.950. The topological polar surface area (TPSA) is 42.0 Å². The maximum atomic E-state index is 11.7. The molecule has 2 atom stereocenters. The fraction of sp³-hybridized carbons (Fsp3) is 0.722. The molecule has 1 saturated carbocycles. The zero-order chi connectivity index (χ0) is 17.0. The first kappa shape index (κ1) is 17.9. The van der Waals surface area contributed by atoms with Gasteiger partial charge < -0.3 is 14.4 Å². The average Bonchev–Trinajstić information content (AvgIpc) is 3.18. The van der Waals surface area contributed by atoms with Gasteiger partial charge in [-0.2, -0.15) is 0 Å². The van der Waals surface area contributed by atoms with E-state index >= 15 is 0 Å². The quantitative estimate of drug-likeness (QED) is 0.787. The van der Waals surface area contributed by atoms with E-state index in [0.717, 1.165) is 39.1 Å². The fourth-order valence-corrected chi connectivity index (χ4v) is 4.55. The van der Waals surface area contributed by atoms with E-state index in [4.69, 9.17) is 9.47 Å². The number of ether oxygens (including phenoxy) is 2. The number of rotatable bonds is 6. The minimum atomic E-state index is -0.0866. The Morgan fingerprint density at radius 2 is 2.42 bits per heavy atom. The molecular formula is C18H28N2O3S. The summed E-state index contributed by atoms with van der Waals surface area (Å²) in [6, 6.07) is 4.32. The number of carbonyl (C=O) groups is 1. The lowest BCUT2D eigenvalue weighted by Gasteiger charge is -2.44. The molecule has 2 heterocycles. The van der Waals surface area contributed by atoms with Crippen LogP contribution in [0.15, 0.2) is 17.5 Å². The lowest BCUT2D eigenvalue weighted by atomic mass is 9.89. The van der Waals surface area contributed by atoms with Crippen molar-refractivity contribution in [2.75, 3.05) is 47.0 Å². The molecule has 0 aromatic carbocycles. The van der Waals surface area contributed by atoms with Crippen LogP contribution in [0.5, 0.6) is 0 Å². The third kappa shape index (κ3) is 4.17. The van der Waals surface area contributed by atoms with Gasteiger partial charge >= 0.3 is 0 Å². The summed E-state index contributed by atoms with van der Waals surface area (Å²) >= 11 is 1.82. The van der Waals surface area contributed by atoms with Gasteiger partial charge in [0.1, 0.15) is 6.61 Å². The maximum absolute atomic E-state index is 11.7. The van der Waals surface area contributed by atoms with Crippen molar-refractivity contribution < 1.29 is 14.3 Å². The molecule has 1 saturated heterocycles. The number of amides is 1. The van der Waals surface area contributed by atoms with Crippen molar-refractivity contribution in [1.29, 1.82) is 0 Å². The van der Waals surface area contributed by atoms with Crippen LogP contribution < -0.4 is 0 Å². The van der Waals surface area contributed by atoms with E-state index in [9.17, 15) is 4.79 Å². The molecule has 1 spiro atoms. The number of hydrogen-bond acceptors (Lipinski definition) is 5. The molecule has 1 aromatic heterocycles. The molecule has 5 nitrogen and oxygen atoms in total. The Balaban J connectivity index is 1.55. The summed E-state index contributed by atoms with van der Waals surface area (Å²) in [6.07, 6.45) is 3.41. The van der Waals surface area contributed by atoms with Crippen LogP contribution in [0.3, 0.4) is 0 Å². The average molecular weight is 353 g/mol. The summed E-state index contributed by atoms with van der Waals surface area (Å²) < 4.78 is 12.0. The van der Waals surface area contributed by atoms with Crippen LogP contribution in [0, 0.1) is 5.92 Å². The molecular weight excluding hydrogens is 324 g/mol. The summed E-state index contributed by atoms with van der Waals surface area (Å²) in [5, 5.41) is 2.14. The van der Waals surface area contributed by atoms with E-state index in [1.165, 1.54) is 11.3 Å². The van der Waals surface area contributed by atoms with E-state index in [0.29, 0.717) is 12.5 Å². The summed E-state index contributed by atoms with van der Waals surface area (Å²) in [7, 11) is 3.52. The van der Waals surface area contributed by atoms with Crippen LogP contribution in [0.25, 0.3) is 0 Å². The molecule has 0 N–H and O–H groups in total. The van der Waals surface area contributed by atoms with Gasteiger partial charge in [-0.05, 0) is 24.3 Å². The van der Waals surface area contributed by atoms with Crippen molar-refractivity contribution in [3.63, 3.8) is 0 Å². The first-order valence-electron chi connectivity index (χ1n) is 8.76. The second-order valence-electron chi connectivity index (χ2n) is 7.10. The Morgan fingerprint density at radius 1 is 1.54 bits per heavy atom. The van der Waals surface area contributed by atoms with Crippen molar-refractivity contribution in [3.05, 3.63) is 22.4 Å². The van der Waals surface area contributed by atoms with E-state index in [-0.39, 0.29) is 18.1 Å². The SMILES string of the molecule is CN(C)C(=O)COC[C@@H]1CCC[C@@]12CN(Cc1cccs1)CCO2. The predicted molar refractivity (Wildman–Crippen MR) is 95.1 cm³/mol. The molecule has 2 fully saturated rings. The van der Waals surface area contributed by atoms with Crippen LogP contribution in [0.4, 0.5) is 0 Å². The van der Waals surface area contributed by atoms with Crippen molar-refractivity contribution >= 4 is 17.2 Å². The molecule has 134 valence electrons. The highest BCUT2D eigenvalue weighted by atomic mass is 32.1. The van der Waals surface area contributed by atoms with E-state index in [1.54, 1.807) is 19.0 Å². The normalized spacial score (nSPS) is 27.7. The van der Waals surface area contributed by atoms with Crippen LogP contribution in [-0.2, 0) is 20.8 Å². The minimum absolute atomic E-state index is 0.0194. The zero-order valence-corrected chi connectivity index (χ0v) is 15.5. The van der Waals surface area contributed by atoms with Gasteiger partial charge in [-0.1, -0.05) is 12.5 Å². The number of morpholine rings is 1. The second-order valence-corrected chi connectivity index (χ2v) is 8.13. The molecule has 1 aromatic rings. The van der Waals surface area contributed by atoms with Gasteiger partial charge in [0.15, 0.2) is 0 Å². The molecule has 1 aliphatic heterocycles. The summed E-state index contributed by atoms with van der Waals surface area (Å²) in [5.41, 5.74) is -0.0866. The van der Waals surface area contributed by atoms with Gasteiger partial charge in [-0.25, -0.2) is 0 Å². The van der Waals surface area contributed by atoms with Crippen molar-refractivity contribution in [2.45, 2.75) is 31.4 Å². The van der Waals surface area contributed by atoms with Gasteiger partial charge in [0.2, 0.25) is 5.91 Å².